The Morgan fingerprint density at radius 3 is 2.47 bits per heavy atom. The highest BCUT2D eigenvalue weighted by Crippen LogP contribution is 2.52. The monoisotopic (exact) mass is 438 g/mol. The normalized spacial score (nSPS) is 26.6. The van der Waals surface area contributed by atoms with Crippen LogP contribution >= 0.6 is 0 Å². The summed E-state index contributed by atoms with van der Waals surface area (Å²) in [5.74, 6) is -3.54. The number of likely N-dealkylation sites (N-methyl/N-ethyl adjacent to an activating group) is 1. The number of phenols is 2. The number of aromatic hydroxyl groups is 2. The van der Waals surface area contributed by atoms with Gasteiger partial charge in [0, 0.05) is 11.5 Å². The number of primary amides is 1. The molecule has 0 aliphatic heterocycles. The van der Waals surface area contributed by atoms with Gasteiger partial charge in [-0.3, -0.25) is 14.5 Å². The minimum Gasteiger partial charge on any atom is -0.510 e. The molecule has 0 heterocycles. The van der Waals surface area contributed by atoms with Gasteiger partial charge < -0.3 is 26.2 Å². The maximum atomic E-state index is 13.9. The average Bonchev–Trinajstić information content (AvgIpc) is 2.71. The smallest absolute Gasteiger partial charge is 0.252 e. The molecule has 32 heavy (non-hydrogen) atoms. The second kappa shape index (κ2) is 7.08. The number of aryl methyl sites for hydroxylation is 1. The number of benzene rings is 2. The number of Topliss-reactive ketones (excluding diaryl/α,β-unsaturated/α-hetero) is 1. The van der Waals surface area contributed by atoms with Crippen molar-refractivity contribution in [3.05, 3.63) is 57.9 Å². The summed E-state index contributed by atoms with van der Waals surface area (Å²) in [5, 5.41) is 45.0. The minimum atomic E-state index is -2.21. The molecule has 168 valence electrons. The van der Waals surface area contributed by atoms with Gasteiger partial charge in [0.05, 0.1) is 22.6 Å². The number of carbonyl (C=O) groups is 2. The maximum absolute atomic E-state index is 13.9. The van der Waals surface area contributed by atoms with Gasteiger partial charge in [-0.15, -0.1) is 0 Å². The molecule has 4 rings (SSSR count). The van der Waals surface area contributed by atoms with Crippen LogP contribution in [0.1, 0.15) is 28.4 Å². The summed E-state index contributed by atoms with van der Waals surface area (Å²) in [6.07, 6.45) is 1.53. The third kappa shape index (κ3) is 2.56. The zero-order valence-corrected chi connectivity index (χ0v) is 18.3. The number of hydrogen-bond acceptors (Lipinski definition) is 7. The van der Waals surface area contributed by atoms with Crippen LogP contribution in [0.3, 0.4) is 0 Å². The van der Waals surface area contributed by atoms with Crippen molar-refractivity contribution in [3.8, 4) is 11.5 Å². The number of nitrogens with zero attached hydrogens (tertiary/aromatic N) is 1. The Kier molecular flexibility index (Phi) is 4.84. The molecule has 2 aliphatic rings. The first kappa shape index (κ1) is 21.9. The molecule has 0 radical (unpaired) electrons. The number of carbonyl (C=O) groups excluding carboxylic acids is 2. The summed E-state index contributed by atoms with van der Waals surface area (Å²) >= 11 is 0. The van der Waals surface area contributed by atoms with E-state index in [4.69, 9.17) is 5.73 Å². The molecule has 0 fully saturated rings. The number of phenolic OH excluding ortho intramolecular Hbond substituents is 2. The molecular formula is C24H26N2O6. The van der Waals surface area contributed by atoms with E-state index in [1.807, 2.05) is 0 Å². The molecule has 8 heteroatoms. The lowest BCUT2D eigenvalue weighted by Crippen LogP contribution is -2.62. The summed E-state index contributed by atoms with van der Waals surface area (Å²) < 4.78 is 0. The molecule has 0 unspecified atom stereocenters. The summed E-state index contributed by atoms with van der Waals surface area (Å²) in [7, 11) is 3.34. The molecule has 8 nitrogen and oxygen atoms in total. The van der Waals surface area contributed by atoms with Crippen molar-refractivity contribution >= 4 is 22.5 Å². The topological polar surface area (TPSA) is 144 Å². The number of ketones is 1. The van der Waals surface area contributed by atoms with E-state index in [1.165, 1.54) is 19.1 Å². The van der Waals surface area contributed by atoms with Crippen LogP contribution in [0.15, 0.2) is 41.2 Å². The van der Waals surface area contributed by atoms with E-state index in [-0.39, 0.29) is 40.0 Å². The second-order valence-electron chi connectivity index (χ2n) is 8.67. The molecule has 0 saturated heterocycles. The SMILES string of the molecule is C/C=C1/C(C(N)=O)=C(O)[C@H](N(C)C)[C@@H]2Cc3c(c(O)c4c(O)cccc4c3C)C(=O)[C@]12O. The molecule has 2 aromatic carbocycles. The van der Waals surface area contributed by atoms with Crippen molar-refractivity contribution in [2.75, 3.05) is 14.1 Å². The predicted octanol–water partition coefficient (Wildman–Crippen LogP) is 1.83. The average molecular weight is 438 g/mol. The van der Waals surface area contributed by atoms with Crippen molar-refractivity contribution in [3.63, 3.8) is 0 Å². The largest absolute Gasteiger partial charge is 0.510 e. The molecule has 6 N–H and O–H groups in total. The second-order valence-corrected chi connectivity index (χ2v) is 8.67. The van der Waals surface area contributed by atoms with Crippen LogP contribution in [0.4, 0.5) is 0 Å². The third-order valence-corrected chi connectivity index (χ3v) is 6.90. The third-order valence-electron chi connectivity index (χ3n) is 6.90. The van der Waals surface area contributed by atoms with Gasteiger partial charge >= 0.3 is 0 Å². The molecular weight excluding hydrogens is 412 g/mol. The number of aliphatic hydroxyl groups is 2. The molecule has 2 aliphatic carbocycles. The lowest BCUT2D eigenvalue weighted by atomic mass is 9.59. The fraction of sp³-hybridized carbons (Fsp3) is 0.333. The maximum Gasteiger partial charge on any atom is 0.252 e. The highest BCUT2D eigenvalue weighted by atomic mass is 16.3. The first-order valence-electron chi connectivity index (χ1n) is 10.3. The van der Waals surface area contributed by atoms with Crippen LogP contribution < -0.4 is 5.73 Å². The van der Waals surface area contributed by atoms with E-state index in [2.05, 4.69) is 0 Å². The van der Waals surface area contributed by atoms with Gasteiger partial charge in [-0.05, 0) is 56.9 Å². The Labute approximate surface area is 184 Å². The fourth-order valence-corrected chi connectivity index (χ4v) is 5.50. The molecule has 0 bridgehead atoms. The molecule has 2 aromatic rings. The predicted molar refractivity (Wildman–Crippen MR) is 119 cm³/mol. The van der Waals surface area contributed by atoms with E-state index in [0.717, 1.165) is 0 Å². The Morgan fingerprint density at radius 2 is 1.91 bits per heavy atom. The summed E-state index contributed by atoms with van der Waals surface area (Å²) in [6, 6.07) is 3.92. The fourth-order valence-electron chi connectivity index (χ4n) is 5.50. The molecule has 0 spiro atoms. The quantitative estimate of drug-likeness (QED) is 0.481. The van der Waals surface area contributed by atoms with E-state index in [9.17, 15) is 30.0 Å². The van der Waals surface area contributed by atoms with Gasteiger partial charge in [-0.25, -0.2) is 0 Å². The zero-order chi connectivity index (χ0) is 23.7. The first-order chi connectivity index (χ1) is 15.0. The standard InChI is InChI=1S/C24H26N2O6/c1-5-13-18(23(25)31)21(29)19(26(3)4)14-9-12-10(2)11-7-6-8-15(27)16(11)20(28)17(12)22(30)24(13,14)32/h5-8,14,19,27-29,32H,9H2,1-4H3,(H2,25,31)/b13-5-/t14-,19+,24-/m0/s1. The molecule has 3 atom stereocenters. The number of hydrogen-bond donors (Lipinski definition) is 5. The van der Waals surface area contributed by atoms with Crippen molar-refractivity contribution < 1.29 is 30.0 Å². The van der Waals surface area contributed by atoms with E-state index in [1.54, 1.807) is 38.1 Å². The van der Waals surface area contributed by atoms with Crippen LogP contribution in [-0.2, 0) is 11.2 Å². The Hall–Kier alpha value is -3.36. The summed E-state index contributed by atoms with van der Waals surface area (Å²) in [6.45, 7) is 3.32. The Bertz CT molecular complexity index is 1260. The van der Waals surface area contributed by atoms with Gasteiger partial charge in [-0.1, -0.05) is 18.2 Å². The van der Waals surface area contributed by atoms with Crippen LogP contribution in [0, 0.1) is 12.8 Å². The number of amides is 1. The van der Waals surface area contributed by atoms with Crippen molar-refractivity contribution in [1.29, 1.82) is 0 Å². The van der Waals surface area contributed by atoms with Crippen molar-refractivity contribution in [2.24, 2.45) is 11.7 Å². The molecule has 1 amide bonds. The van der Waals surface area contributed by atoms with Crippen LogP contribution in [0.5, 0.6) is 11.5 Å². The number of nitrogens with two attached hydrogens (primary N) is 1. The highest BCUT2D eigenvalue weighted by Gasteiger charge is 2.60. The van der Waals surface area contributed by atoms with Gasteiger partial charge in [-0.2, -0.15) is 0 Å². The number of rotatable bonds is 2. The van der Waals surface area contributed by atoms with E-state index < -0.39 is 35.0 Å². The Morgan fingerprint density at radius 1 is 1.25 bits per heavy atom. The van der Waals surface area contributed by atoms with Gasteiger partial charge in [0.25, 0.3) is 5.91 Å². The number of fused-ring (bicyclic) bond motifs is 3. The molecule has 0 aromatic heterocycles. The zero-order valence-electron chi connectivity index (χ0n) is 18.3. The van der Waals surface area contributed by atoms with Gasteiger partial charge in [0.15, 0.2) is 5.60 Å². The van der Waals surface area contributed by atoms with Gasteiger partial charge in [0.1, 0.15) is 17.3 Å². The van der Waals surface area contributed by atoms with E-state index >= 15 is 0 Å². The number of allylic oxidation sites excluding steroid dienone is 1. The van der Waals surface area contributed by atoms with Crippen LogP contribution in [0.25, 0.3) is 10.8 Å². The van der Waals surface area contributed by atoms with Crippen LogP contribution in [-0.4, -0.2) is 62.8 Å². The van der Waals surface area contributed by atoms with Gasteiger partial charge in [0.2, 0.25) is 5.78 Å². The lowest BCUT2D eigenvalue weighted by molar-refractivity contribution is -0.115. The lowest BCUT2D eigenvalue weighted by Gasteiger charge is -2.50. The molecule has 0 saturated carbocycles. The Balaban J connectivity index is 2.12. The van der Waals surface area contributed by atoms with Crippen molar-refractivity contribution in [2.45, 2.75) is 31.9 Å². The summed E-state index contributed by atoms with van der Waals surface area (Å²) in [4.78, 5) is 27.8. The van der Waals surface area contributed by atoms with E-state index in [0.29, 0.717) is 16.5 Å². The van der Waals surface area contributed by atoms with Crippen molar-refractivity contribution in [1.82, 2.24) is 4.90 Å². The highest BCUT2D eigenvalue weighted by molar-refractivity contribution is 6.16. The summed E-state index contributed by atoms with van der Waals surface area (Å²) in [5.41, 5.74) is 4.04. The number of aliphatic hydroxyl groups excluding tert-OH is 1. The first-order valence-corrected chi connectivity index (χ1v) is 10.3. The van der Waals surface area contributed by atoms with Crippen LogP contribution in [0.2, 0.25) is 0 Å². The minimum absolute atomic E-state index is 0.0873.